The van der Waals surface area contributed by atoms with Gasteiger partial charge in [0.2, 0.25) is 5.91 Å². The molecule has 3 aliphatic rings. The van der Waals surface area contributed by atoms with Crippen LogP contribution in [0.1, 0.15) is 74.8 Å². The molecule has 1 atom stereocenters. The van der Waals surface area contributed by atoms with Gasteiger partial charge in [-0.3, -0.25) is 9.69 Å². The molecule has 1 saturated carbocycles. The molecule has 1 N–H and O–H groups in total. The first-order valence-electron chi connectivity index (χ1n) is 13.9. The molecule has 37 heavy (non-hydrogen) atoms. The number of likely N-dealkylation sites (tertiary alicyclic amines) is 1. The van der Waals surface area contributed by atoms with Gasteiger partial charge < -0.3 is 10.2 Å². The number of nitrogens with zero attached hydrogens (tertiary/aromatic N) is 6. The normalized spacial score (nSPS) is 21.3. The van der Waals surface area contributed by atoms with Crippen LogP contribution in [-0.2, 0) is 11.2 Å². The largest absolute Gasteiger partial charge is 0.339 e. The van der Waals surface area contributed by atoms with E-state index < -0.39 is 5.54 Å². The van der Waals surface area contributed by atoms with Gasteiger partial charge >= 0.3 is 0 Å². The number of rotatable bonds is 7. The number of tetrazole rings is 1. The van der Waals surface area contributed by atoms with E-state index in [1.807, 2.05) is 18.2 Å². The number of carbonyl (C=O) groups is 1. The van der Waals surface area contributed by atoms with Gasteiger partial charge in [-0.2, -0.15) is 0 Å². The molecule has 8 nitrogen and oxygen atoms in total. The standard InChI is InChI=1S/C29H37N7O/c37-28-29(35(22-30-28)24-12-6-2-7-13-24)18-20-34(21-19-29)26(17-16-23-10-4-1-5-11-23)27-31-32-33-36(27)25-14-8-3-9-15-25/h1-2,4-7,10-13,25-26H,3,8-9,14-22H2,(H,30,37). The molecule has 3 fully saturated rings. The van der Waals surface area contributed by atoms with E-state index in [2.05, 4.69) is 77.8 Å². The van der Waals surface area contributed by atoms with Crippen LogP contribution in [0.5, 0.6) is 0 Å². The first-order valence-corrected chi connectivity index (χ1v) is 13.9. The van der Waals surface area contributed by atoms with Crippen LogP contribution in [0.4, 0.5) is 5.69 Å². The molecule has 2 aromatic carbocycles. The number of carbonyl (C=O) groups excluding carboxylic acids is 1. The molecular formula is C29H37N7O. The van der Waals surface area contributed by atoms with Crippen LogP contribution in [0.2, 0.25) is 0 Å². The van der Waals surface area contributed by atoms with Crippen LogP contribution in [0, 0.1) is 0 Å². The number of piperidine rings is 1. The number of para-hydroxylation sites is 1. The summed E-state index contributed by atoms with van der Waals surface area (Å²) in [6, 6.07) is 21.5. The zero-order chi connectivity index (χ0) is 25.1. The van der Waals surface area contributed by atoms with Gasteiger partial charge in [0, 0.05) is 18.8 Å². The summed E-state index contributed by atoms with van der Waals surface area (Å²) in [6.07, 6.45) is 9.61. The number of aromatic nitrogens is 4. The van der Waals surface area contributed by atoms with Crippen molar-refractivity contribution in [3.63, 3.8) is 0 Å². The van der Waals surface area contributed by atoms with E-state index in [0.29, 0.717) is 12.7 Å². The average Bonchev–Trinajstić information content (AvgIpc) is 3.57. The molecular weight excluding hydrogens is 462 g/mol. The third-order valence-corrected chi connectivity index (χ3v) is 8.76. The van der Waals surface area contributed by atoms with Crippen molar-refractivity contribution in [1.82, 2.24) is 30.4 Å². The minimum Gasteiger partial charge on any atom is -0.339 e. The summed E-state index contributed by atoms with van der Waals surface area (Å²) in [6.45, 7) is 2.25. The summed E-state index contributed by atoms with van der Waals surface area (Å²) in [7, 11) is 0. The molecule has 0 bridgehead atoms. The van der Waals surface area contributed by atoms with E-state index in [4.69, 9.17) is 0 Å². The monoisotopic (exact) mass is 499 g/mol. The molecule has 1 spiro atoms. The zero-order valence-electron chi connectivity index (χ0n) is 21.5. The van der Waals surface area contributed by atoms with E-state index in [1.165, 1.54) is 24.8 Å². The number of hydrogen-bond donors (Lipinski definition) is 1. The SMILES string of the molecule is O=C1NCN(c2ccccc2)C12CCN(C(CCc1ccccc1)c1nnnn1C1CCCCC1)CC2. The van der Waals surface area contributed by atoms with Gasteiger partial charge in [0.05, 0.1) is 18.8 Å². The summed E-state index contributed by atoms with van der Waals surface area (Å²) in [5.41, 5.74) is 1.95. The summed E-state index contributed by atoms with van der Waals surface area (Å²) < 4.78 is 2.14. The van der Waals surface area contributed by atoms with Crippen LogP contribution < -0.4 is 10.2 Å². The lowest BCUT2D eigenvalue weighted by Crippen LogP contribution is -2.57. The lowest BCUT2D eigenvalue weighted by atomic mass is 9.84. The number of aryl methyl sites for hydroxylation is 1. The highest BCUT2D eigenvalue weighted by molar-refractivity contribution is 5.93. The van der Waals surface area contributed by atoms with Crippen molar-refractivity contribution in [2.24, 2.45) is 0 Å². The minimum atomic E-state index is -0.489. The fraction of sp³-hybridized carbons (Fsp3) is 0.517. The second-order valence-electron chi connectivity index (χ2n) is 10.8. The van der Waals surface area contributed by atoms with Gasteiger partial charge in [-0.1, -0.05) is 67.8 Å². The van der Waals surface area contributed by atoms with Crippen LogP contribution in [0.25, 0.3) is 0 Å². The molecule has 1 aliphatic carbocycles. The van der Waals surface area contributed by atoms with Crippen molar-refractivity contribution >= 4 is 11.6 Å². The van der Waals surface area contributed by atoms with Gasteiger partial charge in [-0.15, -0.1) is 5.10 Å². The molecule has 3 aromatic rings. The third-order valence-electron chi connectivity index (χ3n) is 8.76. The highest BCUT2D eigenvalue weighted by atomic mass is 16.2. The van der Waals surface area contributed by atoms with Gasteiger partial charge in [0.1, 0.15) is 5.54 Å². The van der Waals surface area contributed by atoms with Gasteiger partial charge in [-0.25, -0.2) is 4.68 Å². The highest BCUT2D eigenvalue weighted by Crippen LogP contribution is 2.39. The van der Waals surface area contributed by atoms with E-state index in [0.717, 1.165) is 63.1 Å². The second kappa shape index (κ2) is 10.6. The van der Waals surface area contributed by atoms with Crippen LogP contribution in [-0.4, -0.2) is 56.3 Å². The van der Waals surface area contributed by atoms with Crippen molar-refractivity contribution < 1.29 is 4.79 Å². The Labute approximate surface area is 219 Å². The van der Waals surface area contributed by atoms with Crippen LogP contribution in [0.3, 0.4) is 0 Å². The zero-order valence-corrected chi connectivity index (χ0v) is 21.5. The summed E-state index contributed by atoms with van der Waals surface area (Å²) in [4.78, 5) is 18.0. The van der Waals surface area contributed by atoms with Gasteiger partial charge in [0.25, 0.3) is 0 Å². The molecule has 1 unspecified atom stereocenters. The van der Waals surface area contributed by atoms with E-state index in [1.54, 1.807) is 0 Å². The van der Waals surface area contributed by atoms with E-state index in [9.17, 15) is 4.79 Å². The fourth-order valence-corrected chi connectivity index (χ4v) is 6.67. The number of hydrogen-bond acceptors (Lipinski definition) is 6. The van der Waals surface area contributed by atoms with Crippen LogP contribution >= 0.6 is 0 Å². The number of amides is 1. The fourth-order valence-electron chi connectivity index (χ4n) is 6.67. The Bertz CT molecular complexity index is 1170. The number of nitrogens with one attached hydrogen (secondary N) is 1. The number of benzene rings is 2. The molecule has 6 rings (SSSR count). The topological polar surface area (TPSA) is 79.2 Å². The lowest BCUT2D eigenvalue weighted by molar-refractivity contribution is -0.125. The Kier molecular flexibility index (Phi) is 6.91. The van der Waals surface area contributed by atoms with Gasteiger partial charge in [0.15, 0.2) is 5.82 Å². The molecule has 8 heteroatoms. The molecule has 1 amide bonds. The molecule has 2 saturated heterocycles. The summed E-state index contributed by atoms with van der Waals surface area (Å²) in [5, 5.41) is 16.4. The molecule has 3 heterocycles. The predicted molar refractivity (Wildman–Crippen MR) is 143 cm³/mol. The average molecular weight is 500 g/mol. The quantitative estimate of drug-likeness (QED) is 0.523. The first kappa shape index (κ1) is 24.1. The minimum absolute atomic E-state index is 0.129. The molecule has 0 radical (unpaired) electrons. The maximum Gasteiger partial charge on any atom is 0.247 e. The Morgan fingerprint density at radius 1 is 0.946 bits per heavy atom. The van der Waals surface area contributed by atoms with Gasteiger partial charge in [-0.05, 0) is 66.6 Å². The van der Waals surface area contributed by atoms with E-state index in [-0.39, 0.29) is 11.9 Å². The van der Waals surface area contributed by atoms with E-state index >= 15 is 0 Å². The number of anilines is 1. The molecule has 194 valence electrons. The summed E-state index contributed by atoms with van der Waals surface area (Å²) >= 11 is 0. The summed E-state index contributed by atoms with van der Waals surface area (Å²) in [5.74, 6) is 1.15. The lowest BCUT2D eigenvalue weighted by Gasteiger charge is -2.45. The first-order chi connectivity index (χ1) is 18.2. The maximum absolute atomic E-state index is 13.2. The van der Waals surface area contributed by atoms with Crippen molar-refractivity contribution in [3.05, 3.63) is 72.1 Å². The Morgan fingerprint density at radius 3 is 2.38 bits per heavy atom. The third kappa shape index (κ3) is 4.75. The highest BCUT2D eigenvalue weighted by Gasteiger charge is 2.51. The van der Waals surface area contributed by atoms with Crippen molar-refractivity contribution in [2.75, 3.05) is 24.7 Å². The van der Waals surface area contributed by atoms with Crippen molar-refractivity contribution in [1.29, 1.82) is 0 Å². The Hall–Kier alpha value is -3.26. The maximum atomic E-state index is 13.2. The Morgan fingerprint density at radius 2 is 1.65 bits per heavy atom. The molecule has 2 aliphatic heterocycles. The van der Waals surface area contributed by atoms with Crippen LogP contribution in [0.15, 0.2) is 60.7 Å². The second-order valence-corrected chi connectivity index (χ2v) is 10.8. The molecule has 1 aromatic heterocycles. The smallest absolute Gasteiger partial charge is 0.247 e. The Balaban J connectivity index is 1.25. The predicted octanol–water partition coefficient (Wildman–Crippen LogP) is 4.28. The van der Waals surface area contributed by atoms with Crippen molar-refractivity contribution in [3.8, 4) is 0 Å². The van der Waals surface area contributed by atoms with Crippen molar-refractivity contribution in [2.45, 2.75) is 75.4 Å².